The van der Waals surface area contributed by atoms with E-state index in [2.05, 4.69) is 15.6 Å². The first-order chi connectivity index (χ1) is 14.0. The number of hydrogen-bond acceptors (Lipinski definition) is 4. The van der Waals surface area contributed by atoms with Gasteiger partial charge in [-0.1, -0.05) is 23.2 Å². The predicted octanol–water partition coefficient (Wildman–Crippen LogP) is 3.68. The van der Waals surface area contributed by atoms with Crippen molar-refractivity contribution >= 4 is 29.1 Å². The van der Waals surface area contributed by atoms with Crippen LogP contribution in [0.4, 0.5) is 0 Å². The second-order valence-corrected chi connectivity index (χ2v) is 8.50. The number of aryl methyl sites for hydroxylation is 1. The van der Waals surface area contributed by atoms with E-state index in [0.29, 0.717) is 40.9 Å². The van der Waals surface area contributed by atoms with Crippen molar-refractivity contribution in [3.63, 3.8) is 0 Å². The lowest BCUT2D eigenvalue weighted by molar-refractivity contribution is -0.125. The van der Waals surface area contributed by atoms with Crippen molar-refractivity contribution in [1.29, 1.82) is 0 Å². The number of carbonyl (C=O) groups excluding carboxylic acids is 1. The molecular formula is C22H28Cl2N4O. The fourth-order valence-corrected chi connectivity index (χ4v) is 4.48. The van der Waals surface area contributed by atoms with E-state index in [1.54, 1.807) is 30.6 Å². The molecule has 0 radical (unpaired) electrons. The monoisotopic (exact) mass is 434 g/mol. The number of halogens is 2. The summed E-state index contributed by atoms with van der Waals surface area (Å²) in [6.07, 6.45) is 7.94. The van der Waals surface area contributed by atoms with E-state index in [4.69, 9.17) is 28.9 Å². The topological polar surface area (TPSA) is 80.0 Å². The largest absolute Gasteiger partial charge is 0.368 e. The number of amides is 1. The van der Waals surface area contributed by atoms with Gasteiger partial charge in [-0.25, -0.2) is 0 Å². The van der Waals surface area contributed by atoms with Crippen molar-refractivity contribution in [3.05, 3.63) is 63.9 Å². The number of benzene rings is 1. The third-order valence-electron chi connectivity index (χ3n) is 5.78. The SMILES string of the molecule is NC(=O)C(CCc1ccncc1)(NCCC1CCNCC1)c1cc(Cl)ccc1Cl. The van der Waals surface area contributed by atoms with Gasteiger partial charge in [-0.05, 0) is 93.6 Å². The van der Waals surface area contributed by atoms with Gasteiger partial charge in [0.1, 0.15) is 5.54 Å². The number of rotatable bonds is 9. The maximum atomic E-state index is 12.8. The average molecular weight is 435 g/mol. The van der Waals surface area contributed by atoms with Gasteiger partial charge in [-0.15, -0.1) is 0 Å². The van der Waals surface area contributed by atoms with Crippen LogP contribution in [0.1, 0.15) is 36.8 Å². The average Bonchev–Trinajstić information content (AvgIpc) is 2.74. The van der Waals surface area contributed by atoms with Crippen LogP contribution < -0.4 is 16.4 Å². The molecule has 2 aromatic rings. The summed E-state index contributed by atoms with van der Waals surface area (Å²) in [6, 6.07) is 9.08. The second-order valence-electron chi connectivity index (χ2n) is 7.66. The Labute approximate surface area is 182 Å². The molecule has 1 aliphatic rings. The molecule has 1 amide bonds. The summed E-state index contributed by atoms with van der Waals surface area (Å²) in [5.74, 6) is 0.199. The summed E-state index contributed by atoms with van der Waals surface area (Å²) < 4.78 is 0. The summed E-state index contributed by atoms with van der Waals surface area (Å²) in [7, 11) is 0. The highest BCUT2D eigenvalue weighted by atomic mass is 35.5. The zero-order valence-corrected chi connectivity index (χ0v) is 18.0. The van der Waals surface area contributed by atoms with Gasteiger partial charge in [0, 0.05) is 28.0 Å². The van der Waals surface area contributed by atoms with E-state index in [0.717, 1.165) is 37.9 Å². The van der Waals surface area contributed by atoms with E-state index in [1.165, 1.54) is 0 Å². The molecule has 1 aromatic heterocycles. The lowest BCUT2D eigenvalue weighted by Crippen LogP contribution is -2.53. The summed E-state index contributed by atoms with van der Waals surface area (Å²) >= 11 is 12.8. The normalized spacial score (nSPS) is 17.0. The minimum Gasteiger partial charge on any atom is -0.368 e. The van der Waals surface area contributed by atoms with E-state index in [-0.39, 0.29) is 0 Å². The van der Waals surface area contributed by atoms with Gasteiger partial charge in [0.05, 0.1) is 0 Å². The number of nitrogens with two attached hydrogens (primary N) is 1. The number of nitrogens with one attached hydrogen (secondary N) is 2. The van der Waals surface area contributed by atoms with Crippen LogP contribution in [0.25, 0.3) is 0 Å². The Morgan fingerprint density at radius 2 is 1.93 bits per heavy atom. The Balaban J connectivity index is 1.84. The Morgan fingerprint density at radius 3 is 2.62 bits per heavy atom. The van der Waals surface area contributed by atoms with Crippen LogP contribution in [0.3, 0.4) is 0 Å². The summed E-state index contributed by atoms with van der Waals surface area (Å²) in [5, 5.41) is 7.88. The first-order valence-corrected chi connectivity index (χ1v) is 10.9. The first-order valence-electron chi connectivity index (χ1n) is 10.1. The number of primary amides is 1. The maximum Gasteiger partial charge on any atom is 0.242 e. The number of nitrogens with zero attached hydrogens (tertiary/aromatic N) is 1. The Kier molecular flexibility index (Phi) is 7.90. The van der Waals surface area contributed by atoms with E-state index in [9.17, 15) is 4.79 Å². The fraction of sp³-hybridized carbons (Fsp3) is 0.455. The molecule has 1 atom stereocenters. The molecule has 1 saturated heterocycles. The number of carbonyl (C=O) groups is 1. The molecular weight excluding hydrogens is 407 g/mol. The highest BCUT2D eigenvalue weighted by molar-refractivity contribution is 6.34. The summed E-state index contributed by atoms with van der Waals surface area (Å²) in [5.41, 5.74) is 6.62. The molecule has 4 N–H and O–H groups in total. The van der Waals surface area contributed by atoms with Gasteiger partial charge >= 0.3 is 0 Å². The molecule has 1 fully saturated rings. The molecule has 1 unspecified atom stereocenters. The van der Waals surface area contributed by atoms with Crippen molar-refractivity contribution in [1.82, 2.24) is 15.6 Å². The molecule has 5 nitrogen and oxygen atoms in total. The lowest BCUT2D eigenvalue weighted by atomic mass is 9.82. The number of hydrogen-bond donors (Lipinski definition) is 3. The van der Waals surface area contributed by atoms with Gasteiger partial charge in [0.2, 0.25) is 5.91 Å². The number of piperidine rings is 1. The van der Waals surface area contributed by atoms with Crippen LogP contribution in [0.2, 0.25) is 10.0 Å². The van der Waals surface area contributed by atoms with Crippen molar-refractivity contribution < 1.29 is 4.79 Å². The standard InChI is InChI=1S/C22H28Cl2N4O/c23-18-1-2-20(24)19(15-18)22(21(25)29,9-3-16-4-10-26-11-5-16)28-14-8-17-6-12-27-13-7-17/h1-2,4-5,10-11,15,17,27-28H,3,6-9,12-14H2,(H2,25,29). The summed E-state index contributed by atoms with van der Waals surface area (Å²) in [4.78, 5) is 16.9. The number of pyridine rings is 1. The van der Waals surface area contributed by atoms with Crippen molar-refractivity contribution in [2.45, 2.75) is 37.6 Å². The maximum absolute atomic E-state index is 12.8. The molecule has 2 heterocycles. The van der Waals surface area contributed by atoms with Gasteiger partial charge in [-0.2, -0.15) is 0 Å². The van der Waals surface area contributed by atoms with E-state index < -0.39 is 11.4 Å². The van der Waals surface area contributed by atoms with Gasteiger partial charge in [0.25, 0.3) is 0 Å². The fourth-order valence-electron chi connectivity index (χ4n) is 4.03. The molecule has 7 heteroatoms. The Morgan fingerprint density at radius 1 is 1.21 bits per heavy atom. The van der Waals surface area contributed by atoms with Crippen LogP contribution in [0, 0.1) is 5.92 Å². The first kappa shape index (κ1) is 22.0. The van der Waals surface area contributed by atoms with E-state index >= 15 is 0 Å². The molecule has 156 valence electrons. The van der Waals surface area contributed by atoms with Gasteiger partial charge in [-0.3, -0.25) is 15.1 Å². The van der Waals surface area contributed by atoms with Crippen LogP contribution in [0.15, 0.2) is 42.7 Å². The van der Waals surface area contributed by atoms with Crippen LogP contribution in [-0.2, 0) is 16.8 Å². The third kappa shape index (κ3) is 5.70. The minimum atomic E-state index is -1.09. The second kappa shape index (κ2) is 10.4. The molecule has 0 bridgehead atoms. The molecule has 0 aliphatic carbocycles. The molecule has 1 aromatic carbocycles. The van der Waals surface area contributed by atoms with Crippen LogP contribution in [-0.4, -0.2) is 30.5 Å². The molecule has 3 rings (SSSR count). The smallest absolute Gasteiger partial charge is 0.242 e. The quantitative estimate of drug-likeness (QED) is 0.562. The molecule has 0 saturated carbocycles. The molecule has 1 aliphatic heterocycles. The highest BCUT2D eigenvalue weighted by Crippen LogP contribution is 2.34. The Hall–Kier alpha value is -1.66. The van der Waals surface area contributed by atoms with Gasteiger partial charge < -0.3 is 11.1 Å². The van der Waals surface area contributed by atoms with Crippen LogP contribution >= 0.6 is 23.2 Å². The zero-order valence-electron chi connectivity index (χ0n) is 16.5. The third-order valence-corrected chi connectivity index (χ3v) is 6.35. The summed E-state index contributed by atoms with van der Waals surface area (Å²) in [6.45, 7) is 2.79. The van der Waals surface area contributed by atoms with Crippen molar-refractivity contribution in [2.75, 3.05) is 19.6 Å². The lowest BCUT2D eigenvalue weighted by Gasteiger charge is -2.34. The highest BCUT2D eigenvalue weighted by Gasteiger charge is 2.39. The minimum absolute atomic E-state index is 0.443. The number of aromatic nitrogens is 1. The van der Waals surface area contributed by atoms with Crippen molar-refractivity contribution in [3.8, 4) is 0 Å². The van der Waals surface area contributed by atoms with Crippen molar-refractivity contribution in [2.24, 2.45) is 11.7 Å². The van der Waals surface area contributed by atoms with Crippen LogP contribution in [0.5, 0.6) is 0 Å². The van der Waals surface area contributed by atoms with Gasteiger partial charge in [0.15, 0.2) is 0 Å². The zero-order chi connectivity index (χ0) is 20.7. The predicted molar refractivity (Wildman–Crippen MR) is 118 cm³/mol. The molecule has 0 spiro atoms. The molecule has 29 heavy (non-hydrogen) atoms. The van der Waals surface area contributed by atoms with E-state index in [1.807, 2.05) is 12.1 Å². The Bertz CT molecular complexity index is 812.